The van der Waals surface area contributed by atoms with Crippen molar-refractivity contribution in [3.8, 4) is 28.9 Å². The van der Waals surface area contributed by atoms with Crippen LogP contribution in [-0.4, -0.2) is 39.6 Å². The molecule has 4 rings (SSSR count). The summed E-state index contributed by atoms with van der Waals surface area (Å²) in [5.74, 6) is -0.356. The number of pyridine rings is 1. The summed E-state index contributed by atoms with van der Waals surface area (Å²) in [7, 11) is 1.47. The van der Waals surface area contributed by atoms with Crippen LogP contribution in [0.25, 0.3) is 17.1 Å². The van der Waals surface area contributed by atoms with Gasteiger partial charge in [-0.1, -0.05) is 48.5 Å². The molecule has 1 N–H and O–H groups in total. The normalized spacial score (nSPS) is 11.6. The maximum Gasteiger partial charge on any atom is 0.258 e. The van der Waals surface area contributed by atoms with E-state index in [1.54, 1.807) is 48.7 Å². The first-order chi connectivity index (χ1) is 17.5. The number of ether oxygens (including phenoxy) is 1. The van der Waals surface area contributed by atoms with E-state index in [0.717, 1.165) is 0 Å². The number of benzene rings is 2. The number of azo groups is 1. The predicted molar refractivity (Wildman–Crippen MR) is 132 cm³/mol. The summed E-state index contributed by atoms with van der Waals surface area (Å²) in [6, 6.07) is 21.8. The van der Waals surface area contributed by atoms with Crippen LogP contribution < -0.4 is 10.1 Å². The van der Waals surface area contributed by atoms with Crippen molar-refractivity contribution in [3.63, 3.8) is 0 Å². The van der Waals surface area contributed by atoms with Gasteiger partial charge < -0.3 is 10.1 Å². The number of para-hydroxylation sites is 2. The molecule has 36 heavy (non-hydrogen) atoms. The summed E-state index contributed by atoms with van der Waals surface area (Å²) in [4.78, 5) is 29.6. The van der Waals surface area contributed by atoms with Gasteiger partial charge in [-0.25, -0.2) is 4.98 Å². The number of amides is 1. The van der Waals surface area contributed by atoms with Crippen LogP contribution in [0.5, 0.6) is 5.75 Å². The highest BCUT2D eigenvalue weighted by molar-refractivity contribution is 6.10. The highest BCUT2D eigenvalue weighted by atomic mass is 16.5. The van der Waals surface area contributed by atoms with E-state index in [0.29, 0.717) is 28.5 Å². The number of ketones is 1. The van der Waals surface area contributed by atoms with E-state index in [4.69, 9.17) is 4.74 Å². The summed E-state index contributed by atoms with van der Waals surface area (Å²) >= 11 is 0. The lowest BCUT2D eigenvalue weighted by Gasteiger charge is -2.12. The fraction of sp³-hybridized carbons (Fsp3) is 0.115. The summed E-state index contributed by atoms with van der Waals surface area (Å²) in [5, 5.41) is 25.4. The Morgan fingerprint density at radius 2 is 1.78 bits per heavy atom. The molecule has 2 aromatic carbocycles. The Kier molecular flexibility index (Phi) is 7.22. The SMILES string of the molecule is COc1ccccc1NC(=O)C(N=Nc1c(C#N)c(-c2ccccc2)nn1-c1ccccn1)C(C)=O. The second-order valence-electron chi connectivity index (χ2n) is 7.54. The third-order valence-corrected chi connectivity index (χ3v) is 5.15. The van der Waals surface area contributed by atoms with Gasteiger partial charge >= 0.3 is 0 Å². The van der Waals surface area contributed by atoms with Crippen molar-refractivity contribution in [1.29, 1.82) is 5.26 Å². The summed E-state index contributed by atoms with van der Waals surface area (Å²) in [6.45, 7) is 1.24. The number of hydrogen-bond donors (Lipinski definition) is 1. The molecule has 10 nitrogen and oxygen atoms in total. The average molecular weight is 480 g/mol. The molecule has 0 aliphatic heterocycles. The molecule has 0 radical (unpaired) electrons. The number of aromatic nitrogens is 3. The smallest absolute Gasteiger partial charge is 0.258 e. The topological polar surface area (TPSA) is 135 Å². The summed E-state index contributed by atoms with van der Waals surface area (Å²) in [5.41, 5.74) is 1.57. The molecule has 0 fully saturated rings. The zero-order valence-corrected chi connectivity index (χ0v) is 19.5. The molecule has 2 heterocycles. The minimum absolute atomic E-state index is 0.0476. The Morgan fingerprint density at radius 1 is 1.06 bits per heavy atom. The number of carbonyl (C=O) groups is 2. The van der Waals surface area contributed by atoms with Crippen molar-refractivity contribution in [2.45, 2.75) is 13.0 Å². The van der Waals surface area contributed by atoms with Crippen LogP contribution in [0.1, 0.15) is 12.5 Å². The van der Waals surface area contributed by atoms with Crippen LogP contribution in [0.4, 0.5) is 11.5 Å². The Balaban J connectivity index is 1.76. The Hall–Kier alpha value is -5.17. The number of hydrogen-bond acceptors (Lipinski definition) is 8. The Bertz CT molecular complexity index is 1460. The van der Waals surface area contributed by atoms with Crippen LogP contribution in [0.3, 0.4) is 0 Å². The molecule has 2 aromatic heterocycles. The minimum atomic E-state index is -1.46. The highest BCUT2D eigenvalue weighted by Gasteiger charge is 2.26. The number of carbonyl (C=O) groups excluding carboxylic acids is 2. The molecule has 1 unspecified atom stereocenters. The number of anilines is 1. The molecule has 0 spiro atoms. The highest BCUT2D eigenvalue weighted by Crippen LogP contribution is 2.32. The maximum absolute atomic E-state index is 12.9. The molecular weight excluding hydrogens is 458 g/mol. The first-order valence-corrected chi connectivity index (χ1v) is 10.9. The van der Waals surface area contributed by atoms with E-state index in [1.165, 1.54) is 18.7 Å². The van der Waals surface area contributed by atoms with Gasteiger partial charge in [0.05, 0.1) is 12.8 Å². The predicted octanol–water partition coefficient (Wildman–Crippen LogP) is 4.49. The third-order valence-electron chi connectivity index (χ3n) is 5.15. The number of nitrogens with zero attached hydrogens (tertiary/aromatic N) is 6. The summed E-state index contributed by atoms with van der Waals surface area (Å²) < 4.78 is 6.61. The first kappa shape index (κ1) is 24.0. The number of nitriles is 1. The van der Waals surface area contributed by atoms with Gasteiger partial charge in [0.25, 0.3) is 5.91 Å². The largest absolute Gasteiger partial charge is 0.495 e. The molecular formula is C26H21N7O3. The molecule has 0 saturated heterocycles. The number of nitrogens with one attached hydrogen (secondary N) is 1. The third kappa shape index (κ3) is 5.00. The quantitative estimate of drug-likeness (QED) is 0.292. The van der Waals surface area contributed by atoms with Gasteiger partial charge in [-0.3, -0.25) is 9.59 Å². The molecule has 0 bridgehead atoms. The zero-order chi connectivity index (χ0) is 25.5. The van der Waals surface area contributed by atoms with E-state index in [9.17, 15) is 14.9 Å². The second kappa shape index (κ2) is 10.8. The van der Waals surface area contributed by atoms with Crippen LogP contribution in [0, 0.1) is 11.3 Å². The van der Waals surface area contributed by atoms with Gasteiger partial charge in [0.2, 0.25) is 6.04 Å². The molecule has 1 atom stereocenters. The molecule has 0 aliphatic rings. The van der Waals surface area contributed by atoms with Crippen molar-refractivity contribution >= 4 is 23.2 Å². The van der Waals surface area contributed by atoms with E-state index in [2.05, 4.69) is 31.7 Å². The monoisotopic (exact) mass is 479 g/mol. The van der Waals surface area contributed by atoms with Crippen molar-refractivity contribution in [3.05, 3.63) is 84.6 Å². The summed E-state index contributed by atoms with van der Waals surface area (Å²) in [6.07, 6.45) is 1.57. The van der Waals surface area contributed by atoms with E-state index in [-0.39, 0.29) is 11.4 Å². The lowest BCUT2D eigenvalue weighted by molar-refractivity contribution is -0.126. The van der Waals surface area contributed by atoms with Gasteiger partial charge in [-0.05, 0) is 31.2 Å². The van der Waals surface area contributed by atoms with Gasteiger partial charge in [0.15, 0.2) is 17.4 Å². The van der Waals surface area contributed by atoms with Crippen LogP contribution in [-0.2, 0) is 9.59 Å². The molecule has 1 amide bonds. The Labute approximate surface area is 206 Å². The number of methoxy groups -OCH3 is 1. The van der Waals surface area contributed by atoms with Crippen molar-refractivity contribution in [2.24, 2.45) is 10.2 Å². The first-order valence-electron chi connectivity index (χ1n) is 10.9. The maximum atomic E-state index is 12.9. The van der Waals surface area contributed by atoms with Crippen molar-refractivity contribution < 1.29 is 14.3 Å². The molecule has 10 heteroatoms. The van der Waals surface area contributed by atoms with Crippen molar-refractivity contribution in [1.82, 2.24) is 14.8 Å². The molecule has 0 aliphatic carbocycles. The van der Waals surface area contributed by atoms with Gasteiger partial charge in [0.1, 0.15) is 23.1 Å². The lowest BCUT2D eigenvalue weighted by atomic mass is 10.1. The van der Waals surface area contributed by atoms with Gasteiger partial charge in [-0.15, -0.1) is 5.11 Å². The Morgan fingerprint density at radius 3 is 2.44 bits per heavy atom. The number of Topliss-reactive ketones (excluding diaryl/α,β-unsaturated/α-hetero) is 1. The number of rotatable bonds is 8. The van der Waals surface area contributed by atoms with Gasteiger partial charge in [-0.2, -0.15) is 20.2 Å². The molecule has 0 saturated carbocycles. The zero-order valence-electron chi connectivity index (χ0n) is 19.5. The fourth-order valence-electron chi connectivity index (χ4n) is 3.42. The van der Waals surface area contributed by atoms with Crippen LogP contribution in [0.15, 0.2) is 89.2 Å². The minimum Gasteiger partial charge on any atom is -0.495 e. The molecule has 4 aromatic rings. The van der Waals surface area contributed by atoms with Crippen LogP contribution >= 0.6 is 0 Å². The van der Waals surface area contributed by atoms with Gasteiger partial charge in [0, 0.05) is 11.8 Å². The van der Waals surface area contributed by atoms with Crippen LogP contribution in [0.2, 0.25) is 0 Å². The lowest BCUT2D eigenvalue weighted by Crippen LogP contribution is -2.32. The standard InChI is InChI=1S/C26H21N7O3/c1-17(34)23(26(35)29-20-12-6-7-13-21(20)36-2)30-31-25-19(16-27)24(18-10-4-3-5-11-18)32-33(25)22-14-8-9-15-28-22/h3-15,23H,1-2H3,(H,29,35). The van der Waals surface area contributed by atoms with E-state index < -0.39 is 17.7 Å². The fourth-order valence-corrected chi connectivity index (χ4v) is 3.42. The van der Waals surface area contributed by atoms with Crippen molar-refractivity contribution in [2.75, 3.05) is 12.4 Å². The average Bonchev–Trinajstić information content (AvgIpc) is 3.28. The molecule has 178 valence electrons. The van der Waals surface area contributed by atoms with E-state index in [1.807, 2.05) is 30.3 Å². The van der Waals surface area contributed by atoms with E-state index >= 15 is 0 Å². The second-order valence-corrected chi connectivity index (χ2v) is 7.54.